The molecule has 2 rings (SSSR count). The molecular formula is C8H13N5O. The van der Waals surface area contributed by atoms with Crippen molar-refractivity contribution in [3.05, 3.63) is 12.2 Å². The predicted molar refractivity (Wildman–Crippen MR) is 49.2 cm³/mol. The van der Waals surface area contributed by atoms with Crippen LogP contribution in [0.2, 0.25) is 0 Å². The zero-order valence-electron chi connectivity index (χ0n) is 7.76. The maximum Gasteiger partial charge on any atom is 0.234 e. The molecule has 14 heavy (non-hydrogen) atoms. The maximum absolute atomic E-state index is 10.8. The van der Waals surface area contributed by atoms with Crippen LogP contribution in [0, 0.1) is 0 Å². The molecule has 0 aliphatic carbocycles. The Morgan fingerprint density at radius 1 is 1.79 bits per heavy atom. The first-order chi connectivity index (χ1) is 6.68. The van der Waals surface area contributed by atoms with Gasteiger partial charge in [0.2, 0.25) is 5.91 Å². The highest BCUT2D eigenvalue weighted by Gasteiger charge is 2.27. The SMILES string of the molecule is NC(=O)[C@@H](N)C[C@@H]1CCn2cnnc21. The highest BCUT2D eigenvalue weighted by Crippen LogP contribution is 2.29. The fourth-order valence-corrected chi connectivity index (χ4v) is 1.82. The molecule has 1 amide bonds. The standard InChI is InChI=1S/C8H13N5O/c9-6(7(10)14)3-5-1-2-13-4-11-12-8(5)13/h4-6H,1-3,9H2,(H2,10,14)/t5-,6-/m0/s1. The van der Waals surface area contributed by atoms with E-state index in [1.165, 1.54) is 0 Å². The van der Waals surface area contributed by atoms with Gasteiger partial charge in [-0.2, -0.15) is 0 Å². The number of fused-ring (bicyclic) bond motifs is 1. The average Bonchev–Trinajstić information content (AvgIpc) is 2.69. The van der Waals surface area contributed by atoms with E-state index < -0.39 is 11.9 Å². The Labute approximate surface area is 81.3 Å². The second-order valence-corrected chi connectivity index (χ2v) is 3.61. The van der Waals surface area contributed by atoms with Crippen molar-refractivity contribution in [2.45, 2.75) is 31.3 Å². The van der Waals surface area contributed by atoms with E-state index in [0.29, 0.717) is 6.42 Å². The molecule has 0 unspecified atom stereocenters. The third-order valence-corrected chi connectivity index (χ3v) is 2.63. The lowest BCUT2D eigenvalue weighted by atomic mass is 9.98. The molecular weight excluding hydrogens is 182 g/mol. The zero-order chi connectivity index (χ0) is 10.1. The molecule has 6 nitrogen and oxygen atoms in total. The number of aryl methyl sites for hydroxylation is 1. The number of carbonyl (C=O) groups excluding carboxylic acids is 1. The first kappa shape index (κ1) is 9.14. The molecule has 2 heterocycles. The number of nitrogens with zero attached hydrogens (tertiary/aromatic N) is 3. The molecule has 1 aliphatic rings. The van der Waals surface area contributed by atoms with Crippen LogP contribution in [0.5, 0.6) is 0 Å². The molecule has 0 radical (unpaired) electrons. The molecule has 0 aromatic carbocycles. The summed E-state index contributed by atoms with van der Waals surface area (Å²) in [7, 11) is 0. The molecule has 1 aromatic rings. The van der Waals surface area contributed by atoms with Gasteiger partial charge >= 0.3 is 0 Å². The van der Waals surface area contributed by atoms with Crippen LogP contribution >= 0.6 is 0 Å². The van der Waals surface area contributed by atoms with Crippen molar-refractivity contribution >= 4 is 5.91 Å². The molecule has 4 N–H and O–H groups in total. The van der Waals surface area contributed by atoms with Crippen LogP contribution in [-0.2, 0) is 11.3 Å². The molecule has 76 valence electrons. The quantitative estimate of drug-likeness (QED) is 0.644. The first-order valence-corrected chi connectivity index (χ1v) is 4.61. The van der Waals surface area contributed by atoms with Crippen molar-refractivity contribution in [3.63, 3.8) is 0 Å². The highest BCUT2D eigenvalue weighted by atomic mass is 16.1. The van der Waals surface area contributed by atoms with Gasteiger partial charge in [0.25, 0.3) is 0 Å². The minimum atomic E-state index is -0.580. The second-order valence-electron chi connectivity index (χ2n) is 3.61. The van der Waals surface area contributed by atoms with Gasteiger partial charge in [-0.3, -0.25) is 4.79 Å². The van der Waals surface area contributed by atoms with Gasteiger partial charge in [0.15, 0.2) is 0 Å². The lowest BCUT2D eigenvalue weighted by Gasteiger charge is -2.11. The molecule has 1 aromatic heterocycles. The largest absolute Gasteiger partial charge is 0.368 e. The average molecular weight is 195 g/mol. The van der Waals surface area contributed by atoms with Crippen LogP contribution in [-0.4, -0.2) is 26.7 Å². The van der Waals surface area contributed by atoms with Crippen LogP contribution in [0.4, 0.5) is 0 Å². The lowest BCUT2D eigenvalue weighted by Crippen LogP contribution is -2.37. The smallest absolute Gasteiger partial charge is 0.234 e. The van der Waals surface area contributed by atoms with E-state index in [4.69, 9.17) is 11.5 Å². The summed E-state index contributed by atoms with van der Waals surface area (Å²) in [6.45, 7) is 0.901. The molecule has 0 spiro atoms. The van der Waals surface area contributed by atoms with Gasteiger partial charge in [0.05, 0.1) is 6.04 Å². The van der Waals surface area contributed by atoms with Gasteiger partial charge < -0.3 is 16.0 Å². The van der Waals surface area contributed by atoms with Crippen molar-refractivity contribution in [2.75, 3.05) is 0 Å². The van der Waals surface area contributed by atoms with E-state index in [1.807, 2.05) is 4.57 Å². The van der Waals surface area contributed by atoms with E-state index in [9.17, 15) is 4.79 Å². The summed E-state index contributed by atoms with van der Waals surface area (Å²) < 4.78 is 1.98. The Kier molecular flexibility index (Phi) is 2.20. The summed E-state index contributed by atoms with van der Waals surface area (Å²) in [6.07, 6.45) is 3.23. The molecule has 2 atom stereocenters. The van der Waals surface area contributed by atoms with Gasteiger partial charge in [-0.1, -0.05) is 0 Å². The summed E-state index contributed by atoms with van der Waals surface area (Å²) in [6, 6.07) is -0.580. The number of hydrogen-bond acceptors (Lipinski definition) is 4. The zero-order valence-corrected chi connectivity index (χ0v) is 7.76. The van der Waals surface area contributed by atoms with Crippen LogP contribution in [0.1, 0.15) is 24.6 Å². The predicted octanol–water partition coefficient (Wildman–Crippen LogP) is -1.03. The number of aromatic nitrogens is 3. The maximum atomic E-state index is 10.8. The van der Waals surface area contributed by atoms with E-state index in [1.54, 1.807) is 6.33 Å². The third-order valence-electron chi connectivity index (χ3n) is 2.63. The van der Waals surface area contributed by atoms with Crippen molar-refractivity contribution < 1.29 is 4.79 Å². The van der Waals surface area contributed by atoms with E-state index in [-0.39, 0.29) is 5.92 Å². The Bertz CT molecular complexity index is 347. The van der Waals surface area contributed by atoms with Gasteiger partial charge in [-0.15, -0.1) is 10.2 Å². The second kappa shape index (κ2) is 3.38. The topological polar surface area (TPSA) is 99.8 Å². The number of carbonyl (C=O) groups is 1. The summed E-state index contributed by atoms with van der Waals surface area (Å²) in [5.41, 5.74) is 10.7. The summed E-state index contributed by atoms with van der Waals surface area (Å²) in [5, 5.41) is 7.80. The van der Waals surface area contributed by atoms with Crippen molar-refractivity contribution in [1.29, 1.82) is 0 Å². The fraction of sp³-hybridized carbons (Fsp3) is 0.625. The Morgan fingerprint density at radius 2 is 2.57 bits per heavy atom. The van der Waals surface area contributed by atoms with E-state index >= 15 is 0 Å². The number of primary amides is 1. The minimum absolute atomic E-state index is 0.222. The number of nitrogens with two attached hydrogens (primary N) is 2. The van der Waals surface area contributed by atoms with Gasteiger partial charge in [-0.25, -0.2) is 0 Å². The Hall–Kier alpha value is -1.43. The first-order valence-electron chi connectivity index (χ1n) is 4.61. The van der Waals surface area contributed by atoms with Crippen molar-refractivity contribution in [1.82, 2.24) is 14.8 Å². The van der Waals surface area contributed by atoms with Crippen molar-refractivity contribution in [2.24, 2.45) is 11.5 Å². The fourth-order valence-electron chi connectivity index (χ4n) is 1.82. The Morgan fingerprint density at radius 3 is 3.29 bits per heavy atom. The molecule has 0 bridgehead atoms. The third kappa shape index (κ3) is 1.48. The summed E-state index contributed by atoms with van der Waals surface area (Å²) >= 11 is 0. The van der Waals surface area contributed by atoms with Crippen LogP contribution in [0.15, 0.2) is 6.33 Å². The normalized spacial score (nSPS) is 21.9. The van der Waals surface area contributed by atoms with Crippen LogP contribution in [0.25, 0.3) is 0 Å². The van der Waals surface area contributed by atoms with E-state index in [0.717, 1.165) is 18.8 Å². The van der Waals surface area contributed by atoms with Crippen LogP contribution < -0.4 is 11.5 Å². The lowest BCUT2D eigenvalue weighted by molar-refractivity contribution is -0.119. The van der Waals surface area contributed by atoms with Gasteiger partial charge in [0, 0.05) is 12.5 Å². The summed E-state index contributed by atoms with van der Waals surface area (Å²) in [5.74, 6) is 0.685. The highest BCUT2D eigenvalue weighted by molar-refractivity contribution is 5.79. The van der Waals surface area contributed by atoms with Gasteiger partial charge in [0.1, 0.15) is 12.2 Å². The number of rotatable bonds is 3. The van der Waals surface area contributed by atoms with E-state index in [2.05, 4.69) is 10.2 Å². The molecule has 1 aliphatic heterocycles. The van der Waals surface area contributed by atoms with Crippen LogP contribution in [0.3, 0.4) is 0 Å². The molecule has 0 saturated carbocycles. The molecule has 0 fully saturated rings. The Balaban J connectivity index is 2.05. The minimum Gasteiger partial charge on any atom is -0.368 e. The molecule has 0 saturated heterocycles. The summed E-state index contributed by atoms with van der Waals surface area (Å²) in [4.78, 5) is 10.8. The van der Waals surface area contributed by atoms with Crippen molar-refractivity contribution in [3.8, 4) is 0 Å². The number of hydrogen-bond donors (Lipinski definition) is 2. The monoisotopic (exact) mass is 195 g/mol. The van der Waals surface area contributed by atoms with Gasteiger partial charge in [-0.05, 0) is 12.8 Å². The molecule has 6 heteroatoms. The number of amides is 1.